The van der Waals surface area contributed by atoms with Gasteiger partial charge in [0.25, 0.3) is 0 Å². The molecule has 100 valence electrons. The first kappa shape index (κ1) is 13.5. The quantitative estimate of drug-likeness (QED) is 0.867. The standard InChI is InChI=1S/C15H22FNO/c1-3-14-13(9-10-18-14)15(17-4-2)11-5-7-12(16)8-6-11/h5-8,13-15,17H,3-4,9-10H2,1-2H3. The molecule has 2 rings (SSSR count). The van der Waals surface area contributed by atoms with Crippen LogP contribution in [0.1, 0.15) is 38.3 Å². The van der Waals surface area contributed by atoms with Gasteiger partial charge in [-0.25, -0.2) is 4.39 Å². The van der Waals surface area contributed by atoms with Crippen molar-refractivity contribution in [2.45, 2.75) is 38.8 Å². The molecule has 0 amide bonds. The molecule has 2 nitrogen and oxygen atoms in total. The molecule has 0 aromatic heterocycles. The summed E-state index contributed by atoms with van der Waals surface area (Å²) in [5, 5.41) is 3.52. The highest BCUT2D eigenvalue weighted by Gasteiger charge is 2.33. The third-order valence-corrected chi connectivity index (χ3v) is 3.74. The molecule has 1 aliphatic rings. The SMILES string of the molecule is CCNC(c1ccc(F)cc1)C1CCOC1CC. The zero-order valence-corrected chi connectivity index (χ0v) is 11.2. The number of halogens is 1. The largest absolute Gasteiger partial charge is 0.378 e. The second kappa shape index (κ2) is 6.30. The second-order valence-corrected chi connectivity index (χ2v) is 4.86. The monoisotopic (exact) mass is 251 g/mol. The molecule has 1 heterocycles. The van der Waals surface area contributed by atoms with Crippen LogP contribution in [0.5, 0.6) is 0 Å². The van der Waals surface area contributed by atoms with Gasteiger partial charge in [0.05, 0.1) is 6.10 Å². The van der Waals surface area contributed by atoms with Crippen molar-refractivity contribution < 1.29 is 9.13 Å². The smallest absolute Gasteiger partial charge is 0.123 e. The van der Waals surface area contributed by atoms with Crippen LogP contribution in [-0.4, -0.2) is 19.3 Å². The molecular weight excluding hydrogens is 229 g/mol. The van der Waals surface area contributed by atoms with E-state index in [2.05, 4.69) is 19.2 Å². The van der Waals surface area contributed by atoms with E-state index < -0.39 is 0 Å². The molecule has 18 heavy (non-hydrogen) atoms. The van der Waals surface area contributed by atoms with E-state index in [1.54, 1.807) is 0 Å². The van der Waals surface area contributed by atoms with E-state index in [9.17, 15) is 4.39 Å². The molecule has 0 aliphatic carbocycles. The van der Waals surface area contributed by atoms with Crippen molar-refractivity contribution in [1.29, 1.82) is 0 Å². The van der Waals surface area contributed by atoms with Gasteiger partial charge in [-0.3, -0.25) is 0 Å². The molecule has 0 bridgehead atoms. The first-order valence-corrected chi connectivity index (χ1v) is 6.86. The summed E-state index contributed by atoms with van der Waals surface area (Å²) in [5.41, 5.74) is 1.16. The van der Waals surface area contributed by atoms with Gasteiger partial charge in [0, 0.05) is 18.6 Å². The van der Waals surface area contributed by atoms with E-state index in [1.165, 1.54) is 12.1 Å². The van der Waals surface area contributed by atoms with Gasteiger partial charge in [0.1, 0.15) is 5.82 Å². The molecule has 0 spiro atoms. The lowest BCUT2D eigenvalue weighted by molar-refractivity contribution is 0.0776. The van der Waals surface area contributed by atoms with Crippen molar-refractivity contribution in [2.75, 3.05) is 13.2 Å². The highest BCUT2D eigenvalue weighted by Crippen LogP contribution is 2.34. The van der Waals surface area contributed by atoms with Crippen LogP contribution in [0.15, 0.2) is 24.3 Å². The molecule has 1 aliphatic heterocycles. The number of nitrogens with one attached hydrogen (secondary N) is 1. The van der Waals surface area contributed by atoms with Gasteiger partial charge in [-0.2, -0.15) is 0 Å². The minimum Gasteiger partial charge on any atom is -0.378 e. The van der Waals surface area contributed by atoms with Crippen LogP contribution < -0.4 is 5.32 Å². The Kier molecular flexibility index (Phi) is 4.72. The minimum absolute atomic E-state index is 0.177. The number of benzene rings is 1. The summed E-state index contributed by atoms with van der Waals surface area (Å²) in [7, 11) is 0. The van der Waals surface area contributed by atoms with E-state index in [0.717, 1.165) is 31.6 Å². The van der Waals surface area contributed by atoms with Crippen molar-refractivity contribution in [3.8, 4) is 0 Å². The summed E-state index contributed by atoms with van der Waals surface area (Å²) in [6.07, 6.45) is 2.43. The van der Waals surface area contributed by atoms with Crippen LogP contribution in [-0.2, 0) is 4.74 Å². The van der Waals surface area contributed by atoms with E-state index in [4.69, 9.17) is 4.74 Å². The maximum Gasteiger partial charge on any atom is 0.123 e. The zero-order chi connectivity index (χ0) is 13.0. The molecule has 0 saturated carbocycles. The first-order chi connectivity index (χ1) is 8.76. The molecule has 1 fully saturated rings. The summed E-state index contributed by atoms with van der Waals surface area (Å²) in [6.45, 7) is 6.02. The summed E-state index contributed by atoms with van der Waals surface area (Å²) < 4.78 is 18.8. The summed E-state index contributed by atoms with van der Waals surface area (Å²) in [5.74, 6) is 0.309. The van der Waals surface area contributed by atoms with Gasteiger partial charge < -0.3 is 10.1 Å². The van der Waals surface area contributed by atoms with Crippen LogP contribution >= 0.6 is 0 Å². The van der Waals surface area contributed by atoms with Gasteiger partial charge in [-0.1, -0.05) is 26.0 Å². The highest BCUT2D eigenvalue weighted by molar-refractivity contribution is 5.21. The van der Waals surface area contributed by atoms with E-state index in [0.29, 0.717) is 12.0 Å². The molecule has 1 N–H and O–H groups in total. The van der Waals surface area contributed by atoms with Crippen LogP contribution in [0, 0.1) is 11.7 Å². The van der Waals surface area contributed by atoms with Gasteiger partial charge in [0.2, 0.25) is 0 Å². The van der Waals surface area contributed by atoms with E-state index >= 15 is 0 Å². The Morgan fingerprint density at radius 1 is 1.33 bits per heavy atom. The van der Waals surface area contributed by atoms with Gasteiger partial charge in [0.15, 0.2) is 0 Å². The Labute approximate surface area is 109 Å². The Balaban J connectivity index is 2.19. The highest BCUT2D eigenvalue weighted by atomic mass is 19.1. The minimum atomic E-state index is -0.177. The summed E-state index contributed by atoms with van der Waals surface area (Å²) in [4.78, 5) is 0. The fourth-order valence-electron chi connectivity index (χ4n) is 2.87. The Morgan fingerprint density at radius 3 is 2.67 bits per heavy atom. The topological polar surface area (TPSA) is 21.3 Å². The third kappa shape index (κ3) is 2.90. The lowest BCUT2D eigenvalue weighted by atomic mass is 9.86. The average molecular weight is 251 g/mol. The Bertz CT molecular complexity index is 365. The zero-order valence-electron chi connectivity index (χ0n) is 11.2. The van der Waals surface area contributed by atoms with Crippen LogP contribution in [0.25, 0.3) is 0 Å². The molecule has 3 heteroatoms. The molecule has 3 unspecified atom stereocenters. The lowest BCUT2D eigenvalue weighted by Gasteiger charge is -2.28. The number of hydrogen-bond donors (Lipinski definition) is 1. The molecule has 1 aromatic carbocycles. The molecule has 0 radical (unpaired) electrons. The Hall–Kier alpha value is -0.930. The fraction of sp³-hybridized carbons (Fsp3) is 0.600. The molecular formula is C15H22FNO. The van der Waals surface area contributed by atoms with Gasteiger partial charge >= 0.3 is 0 Å². The molecule has 3 atom stereocenters. The second-order valence-electron chi connectivity index (χ2n) is 4.86. The Morgan fingerprint density at radius 2 is 2.06 bits per heavy atom. The van der Waals surface area contributed by atoms with E-state index in [-0.39, 0.29) is 11.9 Å². The normalized spacial score (nSPS) is 25.3. The molecule has 1 aromatic rings. The van der Waals surface area contributed by atoms with Crippen molar-refractivity contribution in [2.24, 2.45) is 5.92 Å². The van der Waals surface area contributed by atoms with Crippen LogP contribution in [0.3, 0.4) is 0 Å². The van der Waals surface area contributed by atoms with E-state index in [1.807, 2.05) is 12.1 Å². The van der Waals surface area contributed by atoms with Gasteiger partial charge in [-0.15, -0.1) is 0 Å². The third-order valence-electron chi connectivity index (χ3n) is 3.74. The summed E-state index contributed by atoms with van der Waals surface area (Å²) >= 11 is 0. The number of rotatable bonds is 5. The lowest BCUT2D eigenvalue weighted by Crippen LogP contribution is -2.32. The maximum atomic E-state index is 13.0. The summed E-state index contributed by atoms with van der Waals surface area (Å²) in [6, 6.07) is 7.11. The maximum absolute atomic E-state index is 13.0. The van der Waals surface area contributed by atoms with Gasteiger partial charge in [-0.05, 0) is 37.1 Å². The van der Waals surface area contributed by atoms with Crippen molar-refractivity contribution >= 4 is 0 Å². The van der Waals surface area contributed by atoms with Crippen molar-refractivity contribution in [1.82, 2.24) is 5.32 Å². The number of ether oxygens (including phenoxy) is 1. The van der Waals surface area contributed by atoms with Crippen LogP contribution in [0.4, 0.5) is 4.39 Å². The van der Waals surface area contributed by atoms with Crippen molar-refractivity contribution in [3.05, 3.63) is 35.6 Å². The van der Waals surface area contributed by atoms with Crippen LogP contribution in [0.2, 0.25) is 0 Å². The predicted molar refractivity (Wildman–Crippen MR) is 71.0 cm³/mol. The first-order valence-electron chi connectivity index (χ1n) is 6.86. The number of hydrogen-bond acceptors (Lipinski definition) is 2. The molecule has 1 saturated heterocycles. The fourth-order valence-corrected chi connectivity index (χ4v) is 2.87. The predicted octanol–water partition coefficient (Wildman–Crippen LogP) is 3.29. The van der Waals surface area contributed by atoms with Crippen molar-refractivity contribution in [3.63, 3.8) is 0 Å². The average Bonchev–Trinajstić information content (AvgIpc) is 2.85.